The van der Waals surface area contributed by atoms with Gasteiger partial charge in [0.05, 0.1) is 0 Å². The van der Waals surface area contributed by atoms with E-state index >= 15 is 0 Å². The van der Waals surface area contributed by atoms with Crippen LogP contribution < -0.4 is 0 Å². The molecule has 3 heterocycles. The zero-order chi connectivity index (χ0) is 37.0. The molecule has 0 bridgehead atoms. The van der Waals surface area contributed by atoms with Gasteiger partial charge in [-0.3, -0.25) is 0 Å². The van der Waals surface area contributed by atoms with Gasteiger partial charge in [0.2, 0.25) is 0 Å². The first kappa shape index (κ1) is 32.2. The average molecular weight is 734 g/mol. The Hall–Kier alpha value is -7.21. The lowest BCUT2D eigenvalue weighted by molar-refractivity contribution is 0.670. The number of rotatable bonds is 6. The number of fused-ring (bicyclic) bond motifs is 6. The number of hydrogen-bond acceptors (Lipinski definition) is 5. The third-order valence-corrected chi connectivity index (χ3v) is 11.8. The van der Waals surface area contributed by atoms with E-state index in [9.17, 15) is 0 Å². The van der Waals surface area contributed by atoms with Gasteiger partial charge in [0.1, 0.15) is 11.2 Å². The van der Waals surface area contributed by atoms with Crippen LogP contribution in [0, 0.1) is 0 Å². The summed E-state index contributed by atoms with van der Waals surface area (Å²) in [5.74, 6) is 1.83. The molecule has 11 aromatic rings. The van der Waals surface area contributed by atoms with Crippen LogP contribution in [0.3, 0.4) is 0 Å². The smallest absolute Gasteiger partial charge is 0.164 e. The number of para-hydroxylation sites is 1. The van der Waals surface area contributed by atoms with Crippen molar-refractivity contribution in [3.8, 4) is 67.5 Å². The second-order valence-electron chi connectivity index (χ2n) is 13.9. The Balaban J connectivity index is 1.03. The van der Waals surface area contributed by atoms with Crippen molar-refractivity contribution >= 4 is 53.4 Å². The molecule has 8 aromatic carbocycles. The molecule has 0 amide bonds. The summed E-state index contributed by atoms with van der Waals surface area (Å²) >= 11 is 1.84. The van der Waals surface area contributed by atoms with Gasteiger partial charge in [-0.05, 0) is 39.9 Å². The molecule has 4 nitrogen and oxygen atoms in total. The largest absolute Gasteiger partial charge is 0.455 e. The lowest BCUT2D eigenvalue weighted by atomic mass is 9.98. The number of hydrogen-bond donors (Lipinski definition) is 0. The second kappa shape index (κ2) is 13.3. The summed E-state index contributed by atoms with van der Waals surface area (Å²) in [4.78, 5) is 15.3. The van der Waals surface area contributed by atoms with Crippen molar-refractivity contribution in [1.82, 2.24) is 15.0 Å². The van der Waals surface area contributed by atoms with Gasteiger partial charge in [0.15, 0.2) is 17.5 Å². The summed E-state index contributed by atoms with van der Waals surface area (Å²) in [6.07, 6.45) is 0. The van der Waals surface area contributed by atoms with Gasteiger partial charge < -0.3 is 4.42 Å². The number of nitrogens with zero attached hydrogens (tertiary/aromatic N) is 3. The zero-order valence-corrected chi connectivity index (χ0v) is 30.9. The molecule has 0 unspecified atom stereocenters. The maximum absolute atomic E-state index is 6.68. The lowest BCUT2D eigenvalue weighted by Crippen LogP contribution is -2.00. The Kier molecular flexibility index (Phi) is 7.64. The molecule has 0 aliphatic heterocycles. The third kappa shape index (κ3) is 5.48. The van der Waals surface area contributed by atoms with Crippen LogP contribution in [0.25, 0.3) is 110 Å². The standard InChI is InChI=1S/C51H31N3OS/c1-3-12-32(13-4-1)33-24-26-34(27-25-33)38-17-9-20-42-46-43(21-11-22-44(46)55-47(38)42)51-53-49(36-14-5-2-6-15-36)52-50(54-51)37-30-28-35(29-31-37)39-18-10-19-41-40-16-7-8-23-45(40)56-48(39)41/h1-31H. The molecular formula is C51H31N3OS. The van der Waals surface area contributed by atoms with Gasteiger partial charge >= 0.3 is 0 Å². The van der Waals surface area contributed by atoms with Crippen LogP contribution in [-0.4, -0.2) is 15.0 Å². The van der Waals surface area contributed by atoms with Crippen molar-refractivity contribution in [3.63, 3.8) is 0 Å². The SMILES string of the molecule is c1ccc(-c2ccc(-c3cccc4c3oc3cccc(-c5nc(-c6ccccc6)nc(-c6ccc(-c7cccc8c7sc7ccccc78)cc6)n5)c34)cc2)cc1. The highest BCUT2D eigenvalue weighted by Gasteiger charge is 2.20. The number of benzene rings is 8. The van der Waals surface area contributed by atoms with Gasteiger partial charge in [-0.25, -0.2) is 15.0 Å². The van der Waals surface area contributed by atoms with Crippen LogP contribution in [0.5, 0.6) is 0 Å². The molecule has 0 saturated heterocycles. The van der Waals surface area contributed by atoms with Crippen LogP contribution in [0.2, 0.25) is 0 Å². The predicted molar refractivity (Wildman–Crippen MR) is 233 cm³/mol. The molecule has 0 fully saturated rings. The van der Waals surface area contributed by atoms with E-state index in [4.69, 9.17) is 19.4 Å². The molecule has 0 saturated carbocycles. The molecule has 0 N–H and O–H groups in total. The van der Waals surface area contributed by atoms with E-state index in [1.807, 2.05) is 59.9 Å². The molecular weight excluding hydrogens is 703 g/mol. The summed E-state index contributed by atoms with van der Waals surface area (Å²) < 4.78 is 9.27. The molecule has 0 aliphatic rings. The molecule has 3 aromatic heterocycles. The van der Waals surface area contributed by atoms with Crippen molar-refractivity contribution < 1.29 is 4.42 Å². The molecule has 0 aliphatic carbocycles. The van der Waals surface area contributed by atoms with Gasteiger partial charge in [-0.15, -0.1) is 11.3 Å². The summed E-state index contributed by atoms with van der Waals surface area (Å²) in [5, 5.41) is 4.58. The summed E-state index contributed by atoms with van der Waals surface area (Å²) in [5.41, 5.74) is 11.2. The first-order valence-electron chi connectivity index (χ1n) is 18.7. The Morgan fingerprint density at radius 1 is 0.339 bits per heavy atom. The van der Waals surface area contributed by atoms with E-state index in [2.05, 4.69) is 140 Å². The van der Waals surface area contributed by atoms with Crippen molar-refractivity contribution in [2.75, 3.05) is 0 Å². The molecule has 5 heteroatoms. The number of aromatic nitrogens is 3. The minimum absolute atomic E-state index is 0.596. The maximum Gasteiger partial charge on any atom is 0.164 e. The first-order valence-corrected chi connectivity index (χ1v) is 19.5. The minimum atomic E-state index is 0.596. The van der Waals surface area contributed by atoms with Crippen LogP contribution in [0.1, 0.15) is 0 Å². The van der Waals surface area contributed by atoms with E-state index < -0.39 is 0 Å². The van der Waals surface area contributed by atoms with Gasteiger partial charge in [-0.2, -0.15) is 0 Å². The topological polar surface area (TPSA) is 51.8 Å². The Morgan fingerprint density at radius 3 is 1.59 bits per heavy atom. The van der Waals surface area contributed by atoms with Crippen LogP contribution in [0.4, 0.5) is 0 Å². The van der Waals surface area contributed by atoms with Crippen LogP contribution >= 0.6 is 11.3 Å². The van der Waals surface area contributed by atoms with Crippen LogP contribution in [-0.2, 0) is 0 Å². The monoisotopic (exact) mass is 733 g/mol. The Bertz CT molecular complexity index is 3220. The average Bonchev–Trinajstić information content (AvgIpc) is 3.86. The fraction of sp³-hybridized carbons (Fsp3) is 0. The highest BCUT2D eigenvalue weighted by Crippen LogP contribution is 2.42. The number of thiophene rings is 1. The Labute approximate surface area is 327 Å². The van der Waals surface area contributed by atoms with Gasteiger partial charge in [0, 0.05) is 53.2 Å². The zero-order valence-electron chi connectivity index (χ0n) is 30.1. The van der Waals surface area contributed by atoms with Crippen molar-refractivity contribution in [2.45, 2.75) is 0 Å². The fourth-order valence-corrected chi connectivity index (χ4v) is 9.09. The summed E-state index contributed by atoms with van der Waals surface area (Å²) in [6.45, 7) is 0. The van der Waals surface area contributed by atoms with Crippen molar-refractivity contribution in [2.24, 2.45) is 0 Å². The third-order valence-electron chi connectivity index (χ3n) is 10.6. The minimum Gasteiger partial charge on any atom is -0.455 e. The highest BCUT2D eigenvalue weighted by atomic mass is 32.1. The highest BCUT2D eigenvalue weighted by molar-refractivity contribution is 7.26. The van der Waals surface area contributed by atoms with E-state index in [0.717, 1.165) is 55.3 Å². The molecule has 262 valence electrons. The summed E-state index contributed by atoms with van der Waals surface area (Å²) in [6, 6.07) is 65.6. The molecule has 0 atom stereocenters. The van der Waals surface area contributed by atoms with Crippen molar-refractivity contribution in [3.05, 3.63) is 188 Å². The van der Waals surface area contributed by atoms with E-state index in [-0.39, 0.29) is 0 Å². The molecule has 56 heavy (non-hydrogen) atoms. The first-order chi connectivity index (χ1) is 27.7. The Morgan fingerprint density at radius 2 is 0.839 bits per heavy atom. The summed E-state index contributed by atoms with van der Waals surface area (Å²) in [7, 11) is 0. The quantitative estimate of drug-likeness (QED) is 0.171. The van der Waals surface area contributed by atoms with Gasteiger partial charge in [-0.1, -0.05) is 176 Å². The molecule has 0 radical (unpaired) electrons. The molecule has 0 spiro atoms. The fourth-order valence-electron chi connectivity index (χ4n) is 7.85. The lowest BCUT2D eigenvalue weighted by Gasteiger charge is -2.10. The van der Waals surface area contributed by atoms with Crippen molar-refractivity contribution in [1.29, 1.82) is 0 Å². The molecule has 11 rings (SSSR count). The van der Waals surface area contributed by atoms with Crippen LogP contribution in [0.15, 0.2) is 192 Å². The maximum atomic E-state index is 6.68. The van der Waals surface area contributed by atoms with E-state index in [1.54, 1.807) is 0 Å². The second-order valence-corrected chi connectivity index (χ2v) is 15.0. The normalized spacial score (nSPS) is 11.6. The van der Waals surface area contributed by atoms with E-state index in [0.29, 0.717) is 17.5 Å². The van der Waals surface area contributed by atoms with E-state index in [1.165, 1.54) is 36.9 Å². The van der Waals surface area contributed by atoms with Gasteiger partial charge in [0.25, 0.3) is 0 Å². The predicted octanol–water partition coefficient (Wildman–Crippen LogP) is 14.1. The number of furan rings is 1.